The van der Waals surface area contributed by atoms with Crippen LogP contribution in [-0.2, 0) is 4.79 Å². The maximum absolute atomic E-state index is 11.7. The Bertz CT molecular complexity index is 291. The van der Waals surface area contributed by atoms with Gasteiger partial charge in [-0.25, -0.2) is 0 Å². The first kappa shape index (κ1) is 9.68. The lowest BCUT2D eigenvalue weighted by atomic mass is 10.0. The second-order valence-corrected chi connectivity index (χ2v) is 4.28. The van der Waals surface area contributed by atoms with Gasteiger partial charge in [0.2, 0.25) is 5.91 Å². The molecule has 1 amide bonds. The molecule has 76 valence electrons. The van der Waals surface area contributed by atoms with Crippen molar-refractivity contribution in [3.8, 4) is 0 Å². The van der Waals surface area contributed by atoms with Crippen LogP contribution in [0.2, 0.25) is 0 Å². The highest BCUT2D eigenvalue weighted by Crippen LogP contribution is 2.14. The Morgan fingerprint density at radius 2 is 2.50 bits per heavy atom. The third-order valence-corrected chi connectivity index (χ3v) is 3.10. The molecule has 2 heterocycles. The minimum absolute atomic E-state index is 0.00338. The van der Waals surface area contributed by atoms with Crippen molar-refractivity contribution in [3.63, 3.8) is 0 Å². The maximum atomic E-state index is 11.7. The quantitative estimate of drug-likeness (QED) is 0.782. The van der Waals surface area contributed by atoms with Crippen LogP contribution in [0.4, 0.5) is 5.69 Å². The first-order valence-electron chi connectivity index (χ1n) is 4.93. The molecule has 1 aliphatic heterocycles. The van der Waals surface area contributed by atoms with E-state index < -0.39 is 0 Å². The fourth-order valence-corrected chi connectivity index (χ4v) is 2.23. The van der Waals surface area contributed by atoms with Gasteiger partial charge in [0.25, 0.3) is 0 Å². The second-order valence-electron chi connectivity index (χ2n) is 3.50. The van der Waals surface area contributed by atoms with Gasteiger partial charge in [-0.2, -0.15) is 11.3 Å². The summed E-state index contributed by atoms with van der Waals surface area (Å²) in [6, 6.07) is 1.93. The van der Waals surface area contributed by atoms with Crippen molar-refractivity contribution in [2.24, 2.45) is 0 Å². The van der Waals surface area contributed by atoms with E-state index in [2.05, 4.69) is 10.6 Å². The first-order valence-corrected chi connectivity index (χ1v) is 5.87. The van der Waals surface area contributed by atoms with Gasteiger partial charge in [-0.3, -0.25) is 4.79 Å². The number of carbonyl (C=O) groups excluding carboxylic acids is 1. The van der Waals surface area contributed by atoms with Gasteiger partial charge in [-0.05, 0) is 30.8 Å². The molecule has 4 heteroatoms. The summed E-state index contributed by atoms with van der Waals surface area (Å²) in [4.78, 5) is 11.7. The molecule has 1 aromatic rings. The molecule has 0 saturated carbocycles. The fourth-order valence-electron chi connectivity index (χ4n) is 1.64. The van der Waals surface area contributed by atoms with Gasteiger partial charge < -0.3 is 10.6 Å². The second kappa shape index (κ2) is 4.57. The van der Waals surface area contributed by atoms with Gasteiger partial charge in [0.1, 0.15) is 0 Å². The number of hydrogen-bond donors (Lipinski definition) is 2. The zero-order valence-electron chi connectivity index (χ0n) is 7.95. The molecule has 1 aliphatic rings. The third kappa shape index (κ3) is 2.33. The van der Waals surface area contributed by atoms with Crippen molar-refractivity contribution < 1.29 is 4.79 Å². The highest BCUT2D eigenvalue weighted by molar-refractivity contribution is 7.08. The summed E-state index contributed by atoms with van der Waals surface area (Å²) in [6.07, 6.45) is 3.28. The normalized spacial score (nSPS) is 21.9. The molecule has 1 atom stereocenters. The van der Waals surface area contributed by atoms with Gasteiger partial charge in [0.05, 0.1) is 11.7 Å². The van der Waals surface area contributed by atoms with Gasteiger partial charge >= 0.3 is 0 Å². The number of hydrogen-bond acceptors (Lipinski definition) is 3. The molecule has 0 bridgehead atoms. The topological polar surface area (TPSA) is 41.1 Å². The number of rotatable bonds is 2. The number of piperidine rings is 1. The number of anilines is 1. The van der Waals surface area contributed by atoms with Crippen molar-refractivity contribution in [3.05, 3.63) is 16.8 Å². The van der Waals surface area contributed by atoms with Gasteiger partial charge in [0.15, 0.2) is 0 Å². The molecule has 1 aromatic heterocycles. The molecule has 0 radical (unpaired) electrons. The van der Waals surface area contributed by atoms with E-state index in [0.29, 0.717) is 0 Å². The minimum atomic E-state index is 0.00338. The Labute approximate surface area is 87.5 Å². The lowest BCUT2D eigenvalue weighted by molar-refractivity contribution is -0.118. The van der Waals surface area contributed by atoms with Gasteiger partial charge in [-0.15, -0.1) is 0 Å². The molecular weight excluding hydrogens is 196 g/mol. The Kier molecular flexibility index (Phi) is 3.16. The van der Waals surface area contributed by atoms with E-state index in [1.807, 2.05) is 16.8 Å². The van der Waals surface area contributed by atoms with E-state index in [1.165, 1.54) is 6.42 Å². The van der Waals surface area contributed by atoms with E-state index in [9.17, 15) is 4.79 Å². The molecule has 0 aromatic carbocycles. The molecule has 14 heavy (non-hydrogen) atoms. The predicted octanol–water partition coefficient (Wildman–Crippen LogP) is 1.83. The van der Waals surface area contributed by atoms with Crippen LogP contribution < -0.4 is 10.6 Å². The van der Waals surface area contributed by atoms with Crippen LogP contribution in [0.5, 0.6) is 0 Å². The Morgan fingerprint density at radius 1 is 1.57 bits per heavy atom. The zero-order valence-corrected chi connectivity index (χ0v) is 8.77. The van der Waals surface area contributed by atoms with Crippen LogP contribution in [0.15, 0.2) is 16.8 Å². The van der Waals surface area contributed by atoms with E-state index in [1.54, 1.807) is 11.3 Å². The van der Waals surface area contributed by atoms with E-state index in [4.69, 9.17) is 0 Å². The molecule has 2 N–H and O–H groups in total. The average molecular weight is 210 g/mol. The van der Waals surface area contributed by atoms with Crippen LogP contribution in [0.3, 0.4) is 0 Å². The molecule has 2 rings (SSSR count). The summed E-state index contributed by atoms with van der Waals surface area (Å²) in [7, 11) is 0. The maximum Gasteiger partial charge on any atom is 0.241 e. The molecule has 0 aliphatic carbocycles. The van der Waals surface area contributed by atoms with Crippen molar-refractivity contribution in [2.45, 2.75) is 25.3 Å². The summed E-state index contributed by atoms with van der Waals surface area (Å²) in [6.45, 7) is 0.960. The van der Waals surface area contributed by atoms with E-state index >= 15 is 0 Å². The van der Waals surface area contributed by atoms with Crippen molar-refractivity contribution in [1.29, 1.82) is 0 Å². The monoisotopic (exact) mass is 210 g/mol. The van der Waals surface area contributed by atoms with E-state index in [0.717, 1.165) is 25.1 Å². The van der Waals surface area contributed by atoms with Crippen molar-refractivity contribution in [2.75, 3.05) is 11.9 Å². The van der Waals surface area contributed by atoms with Crippen LogP contribution in [0.25, 0.3) is 0 Å². The largest absolute Gasteiger partial charge is 0.324 e. The molecular formula is C10H14N2OS. The summed E-state index contributed by atoms with van der Waals surface area (Å²) in [5.74, 6) is 0.100. The smallest absolute Gasteiger partial charge is 0.241 e. The van der Waals surface area contributed by atoms with Crippen molar-refractivity contribution in [1.82, 2.24) is 5.32 Å². The summed E-state index contributed by atoms with van der Waals surface area (Å²) in [5.41, 5.74) is 0.910. The lowest BCUT2D eigenvalue weighted by Gasteiger charge is -2.22. The Morgan fingerprint density at radius 3 is 3.14 bits per heavy atom. The summed E-state index contributed by atoms with van der Waals surface area (Å²) >= 11 is 1.59. The highest BCUT2D eigenvalue weighted by atomic mass is 32.1. The number of amides is 1. The van der Waals surface area contributed by atoms with Crippen molar-refractivity contribution >= 4 is 22.9 Å². The van der Waals surface area contributed by atoms with Gasteiger partial charge in [0, 0.05) is 5.38 Å². The number of nitrogens with one attached hydrogen (secondary N) is 2. The summed E-state index contributed by atoms with van der Waals surface area (Å²) in [5, 5.41) is 10.0. The highest BCUT2D eigenvalue weighted by Gasteiger charge is 2.20. The molecule has 0 spiro atoms. The van der Waals surface area contributed by atoms with E-state index in [-0.39, 0.29) is 11.9 Å². The number of thiophene rings is 1. The number of carbonyl (C=O) groups is 1. The summed E-state index contributed by atoms with van der Waals surface area (Å²) < 4.78 is 0. The standard InChI is InChI=1S/C10H14N2OS/c13-10(9-3-1-2-5-11-9)12-8-4-6-14-7-8/h4,6-7,9,11H,1-3,5H2,(H,12,13)/t9-/m0/s1. The minimum Gasteiger partial charge on any atom is -0.324 e. The molecule has 1 fully saturated rings. The van der Waals surface area contributed by atoms with Gasteiger partial charge in [-0.1, -0.05) is 6.42 Å². The fraction of sp³-hybridized carbons (Fsp3) is 0.500. The third-order valence-electron chi connectivity index (χ3n) is 2.42. The lowest BCUT2D eigenvalue weighted by Crippen LogP contribution is -2.43. The SMILES string of the molecule is O=C(Nc1ccsc1)[C@@H]1CCCCN1. The molecule has 0 unspecified atom stereocenters. The Hall–Kier alpha value is -0.870. The predicted molar refractivity (Wildman–Crippen MR) is 58.6 cm³/mol. The van der Waals surface area contributed by atoms with Crippen LogP contribution in [-0.4, -0.2) is 18.5 Å². The average Bonchev–Trinajstić information content (AvgIpc) is 2.72. The first-order chi connectivity index (χ1) is 6.86. The Balaban J connectivity index is 1.88. The molecule has 3 nitrogen and oxygen atoms in total. The zero-order chi connectivity index (χ0) is 9.80. The van der Waals surface area contributed by atoms with Crippen LogP contribution in [0, 0.1) is 0 Å². The van der Waals surface area contributed by atoms with Crippen LogP contribution >= 0.6 is 11.3 Å². The van der Waals surface area contributed by atoms with Crippen LogP contribution in [0.1, 0.15) is 19.3 Å². The molecule has 1 saturated heterocycles.